The molecule has 0 saturated carbocycles. The molecule has 3 heteroatoms. The third-order valence-electron chi connectivity index (χ3n) is 2.24. The van der Waals surface area contributed by atoms with E-state index in [1.165, 1.54) is 0 Å². The second-order valence-electron chi connectivity index (χ2n) is 3.51. The van der Waals surface area contributed by atoms with Crippen molar-refractivity contribution in [2.75, 3.05) is 13.2 Å². The first-order valence-corrected chi connectivity index (χ1v) is 3.92. The second-order valence-corrected chi connectivity index (χ2v) is 3.51. The van der Waals surface area contributed by atoms with Gasteiger partial charge < -0.3 is 9.84 Å². The van der Waals surface area contributed by atoms with Crippen LogP contribution >= 0.6 is 0 Å². The largest absolute Gasteiger partial charge is 0.481 e. The van der Waals surface area contributed by atoms with Crippen molar-refractivity contribution in [2.24, 2.45) is 5.41 Å². The molecule has 3 nitrogen and oxygen atoms in total. The summed E-state index contributed by atoms with van der Waals surface area (Å²) in [5, 5.41) is 8.45. The Morgan fingerprint density at radius 1 is 1.73 bits per heavy atom. The van der Waals surface area contributed by atoms with Crippen LogP contribution in [0.4, 0.5) is 0 Å². The summed E-state index contributed by atoms with van der Waals surface area (Å²) in [6.45, 7) is 3.60. The van der Waals surface area contributed by atoms with Crippen LogP contribution in [0.5, 0.6) is 0 Å². The number of ether oxygens (including phenoxy) is 1. The van der Waals surface area contributed by atoms with Crippen LogP contribution in [-0.2, 0) is 9.53 Å². The molecule has 0 spiro atoms. The number of hydrogen-bond donors (Lipinski definition) is 1. The summed E-state index contributed by atoms with van der Waals surface area (Å²) in [5.41, 5.74) is 0.123. The van der Waals surface area contributed by atoms with Crippen molar-refractivity contribution < 1.29 is 14.6 Å². The molecule has 0 bridgehead atoms. The van der Waals surface area contributed by atoms with Gasteiger partial charge in [-0.15, -0.1) is 0 Å². The summed E-state index contributed by atoms with van der Waals surface area (Å²) in [5.74, 6) is -0.710. The first-order valence-electron chi connectivity index (χ1n) is 3.92. The standard InChI is InChI=1S/C8H14O3/c1-8(3-2-7(9)10)4-5-11-6-8/h2-6H2,1H3,(H,9,10)/t8-/m0/s1. The molecule has 0 radical (unpaired) electrons. The Bertz CT molecular complexity index is 147. The maximum Gasteiger partial charge on any atom is 0.303 e. The molecule has 1 rings (SSSR count). The van der Waals surface area contributed by atoms with E-state index in [2.05, 4.69) is 6.92 Å². The lowest BCUT2D eigenvalue weighted by Crippen LogP contribution is -2.17. The van der Waals surface area contributed by atoms with E-state index in [9.17, 15) is 4.79 Å². The van der Waals surface area contributed by atoms with E-state index >= 15 is 0 Å². The van der Waals surface area contributed by atoms with Crippen LogP contribution in [-0.4, -0.2) is 24.3 Å². The Kier molecular flexibility index (Phi) is 2.49. The van der Waals surface area contributed by atoms with Crippen molar-refractivity contribution in [1.29, 1.82) is 0 Å². The van der Waals surface area contributed by atoms with Crippen LogP contribution in [0.3, 0.4) is 0 Å². The van der Waals surface area contributed by atoms with E-state index in [0.29, 0.717) is 0 Å². The summed E-state index contributed by atoms with van der Waals surface area (Å²) in [6.07, 6.45) is 2.00. The Morgan fingerprint density at radius 2 is 2.45 bits per heavy atom. The summed E-state index contributed by atoms with van der Waals surface area (Å²) in [4.78, 5) is 10.3. The number of carboxylic acids is 1. The van der Waals surface area contributed by atoms with E-state index in [1.54, 1.807) is 0 Å². The molecule has 1 N–H and O–H groups in total. The van der Waals surface area contributed by atoms with Crippen molar-refractivity contribution in [3.63, 3.8) is 0 Å². The van der Waals surface area contributed by atoms with Crippen molar-refractivity contribution in [1.82, 2.24) is 0 Å². The average Bonchev–Trinajstić information content (AvgIpc) is 2.33. The molecule has 0 aromatic carbocycles. The molecule has 0 aliphatic carbocycles. The summed E-state index contributed by atoms with van der Waals surface area (Å²) >= 11 is 0. The normalized spacial score (nSPS) is 30.6. The van der Waals surface area contributed by atoms with Crippen molar-refractivity contribution >= 4 is 5.97 Å². The number of hydrogen-bond acceptors (Lipinski definition) is 2. The van der Waals surface area contributed by atoms with E-state index in [4.69, 9.17) is 9.84 Å². The van der Waals surface area contributed by atoms with Gasteiger partial charge in [-0.2, -0.15) is 0 Å². The highest BCUT2D eigenvalue weighted by Gasteiger charge is 2.29. The highest BCUT2D eigenvalue weighted by atomic mass is 16.5. The molecule has 1 aliphatic heterocycles. The predicted octanol–water partition coefficient (Wildman–Crippen LogP) is 1.28. The van der Waals surface area contributed by atoms with Gasteiger partial charge in [0.25, 0.3) is 0 Å². The zero-order valence-electron chi connectivity index (χ0n) is 6.80. The SMILES string of the molecule is C[C@]1(CCC(=O)O)CCOC1. The van der Waals surface area contributed by atoms with Gasteiger partial charge in [0.15, 0.2) is 0 Å². The molecule has 1 fully saturated rings. The third-order valence-corrected chi connectivity index (χ3v) is 2.24. The number of rotatable bonds is 3. The molecule has 64 valence electrons. The van der Waals surface area contributed by atoms with E-state index in [-0.39, 0.29) is 11.8 Å². The van der Waals surface area contributed by atoms with Gasteiger partial charge in [-0.1, -0.05) is 6.92 Å². The van der Waals surface area contributed by atoms with Crippen LogP contribution < -0.4 is 0 Å². The molecule has 1 aliphatic rings. The summed E-state index contributed by atoms with van der Waals surface area (Å²) in [7, 11) is 0. The maximum absolute atomic E-state index is 10.3. The number of carbonyl (C=O) groups is 1. The maximum atomic E-state index is 10.3. The summed E-state index contributed by atoms with van der Waals surface area (Å²) < 4.78 is 5.20. The molecular formula is C8H14O3. The molecule has 1 heterocycles. The van der Waals surface area contributed by atoms with Crippen molar-refractivity contribution in [3.05, 3.63) is 0 Å². The zero-order valence-corrected chi connectivity index (χ0v) is 6.80. The van der Waals surface area contributed by atoms with E-state index in [0.717, 1.165) is 26.1 Å². The topological polar surface area (TPSA) is 46.5 Å². The minimum absolute atomic E-state index is 0.123. The van der Waals surface area contributed by atoms with Crippen LogP contribution in [0.25, 0.3) is 0 Å². The zero-order chi connectivity index (χ0) is 8.32. The molecule has 0 aromatic rings. The van der Waals surface area contributed by atoms with Crippen LogP contribution in [0.15, 0.2) is 0 Å². The first kappa shape index (κ1) is 8.53. The molecule has 1 saturated heterocycles. The Balaban J connectivity index is 2.28. The average molecular weight is 158 g/mol. The lowest BCUT2D eigenvalue weighted by Gasteiger charge is -2.19. The molecule has 1 atom stereocenters. The second kappa shape index (κ2) is 3.22. The Labute approximate surface area is 66.4 Å². The van der Waals surface area contributed by atoms with Gasteiger partial charge in [0.1, 0.15) is 0 Å². The quantitative estimate of drug-likeness (QED) is 0.673. The fourth-order valence-electron chi connectivity index (χ4n) is 1.32. The van der Waals surface area contributed by atoms with Crippen LogP contribution in [0.1, 0.15) is 26.2 Å². The third kappa shape index (κ3) is 2.50. The van der Waals surface area contributed by atoms with E-state index < -0.39 is 5.97 Å². The molecular weight excluding hydrogens is 144 g/mol. The monoisotopic (exact) mass is 158 g/mol. The van der Waals surface area contributed by atoms with Gasteiger partial charge in [0, 0.05) is 13.0 Å². The Hall–Kier alpha value is -0.570. The molecule has 11 heavy (non-hydrogen) atoms. The van der Waals surface area contributed by atoms with Crippen molar-refractivity contribution in [2.45, 2.75) is 26.2 Å². The minimum Gasteiger partial charge on any atom is -0.481 e. The lowest BCUT2D eigenvalue weighted by molar-refractivity contribution is -0.137. The van der Waals surface area contributed by atoms with Crippen LogP contribution in [0.2, 0.25) is 0 Å². The van der Waals surface area contributed by atoms with Gasteiger partial charge >= 0.3 is 5.97 Å². The molecule has 0 unspecified atom stereocenters. The highest BCUT2D eigenvalue weighted by Crippen LogP contribution is 2.32. The van der Waals surface area contributed by atoms with E-state index in [1.807, 2.05) is 0 Å². The molecule has 0 aromatic heterocycles. The Morgan fingerprint density at radius 3 is 2.91 bits per heavy atom. The number of carboxylic acid groups (broad SMARTS) is 1. The van der Waals surface area contributed by atoms with Gasteiger partial charge in [-0.05, 0) is 18.3 Å². The highest BCUT2D eigenvalue weighted by molar-refractivity contribution is 5.66. The lowest BCUT2D eigenvalue weighted by atomic mass is 9.85. The van der Waals surface area contributed by atoms with Gasteiger partial charge in [-0.3, -0.25) is 4.79 Å². The fraction of sp³-hybridized carbons (Fsp3) is 0.875. The fourth-order valence-corrected chi connectivity index (χ4v) is 1.32. The van der Waals surface area contributed by atoms with Crippen LogP contribution in [0, 0.1) is 5.41 Å². The summed E-state index contributed by atoms with van der Waals surface area (Å²) in [6, 6.07) is 0. The first-order chi connectivity index (χ1) is 5.12. The predicted molar refractivity (Wildman–Crippen MR) is 40.4 cm³/mol. The van der Waals surface area contributed by atoms with Gasteiger partial charge in [0.2, 0.25) is 0 Å². The van der Waals surface area contributed by atoms with Gasteiger partial charge in [-0.25, -0.2) is 0 Å². The smallest absolute Gasteiger partial charge is 0.303 e. The number of aliphatic carboxylic acids is 1. The minimum atomic E-state index is -0.710. The molecule has 0 amide bonds. The van der Waals surface area contributed by atoms with Crippen molar-refractivity contribution in [3.8, 4) is 0 Å². The van der Waals surface area contributed by atoms with Gasteiger partial charge in [0.05, 0.1) is 6.61 Å².